The maximum atomic E-state index is 12.9. The van der Waals surface area contributed by atoms with E-state index >= 15 is 0 Å². The maximum Gasteiger partial charge on any atom is 0.319 e. The van der Waals surface area contributed by atoms with Crippen LogP contribution in [0, 0.1) is 6.92 Å². The molecule has 8 heteroatoms. The van der Waals surface area contributed by atoms with E-state index in [4.69, 9.17) is 0 Å². The van der Waals surface area contributed by atoms with Crippen molar-refractivity contribution in [2.45, 2.75) is 26.7 Å². The number of benzene rings is 1. The second-order valence-electron chi connectivity index (χ2n) is 7.21. The van der Waals surface area contributed by atoms with E-state index in [1.54, 1.807) is 23.0 Å². The summed E-state index contributed by atoms with van der Waals surface area (Å²) in [4.78, 5) is 30.1. The van der Waals surface area contributed by atoms with Crippen LogP contribution in [0.2, 0.25) is 0 Å². The van der Waals surface area contributed by atoms with Crippen molar-refractivity contribution in [3.05, 3.63) is 70.2 Å². The lowest BCUT2D eigenvalue weighted by molar-refractivity contribution is 0.104. The first-order valence-corrected chi connectivity index (χ1v) is 11.0. The van der Waals surface area contributed by atoms with Crippen molar-refractivity contribution >= 4 is 34.5 Å². The first-order valence-electron chi connectivity index (χ1n) is 10.2. The van der Waals surface area contributed by atoms with E-state index in [0.717, 1.165) is 29.7 Å². The van der Waals surface area contributed by atoms with Gasteiger partial charge in [0.25, 0.3) is 0 Å². The van der Waals surface area contributed by atoms with E-state index in [-0.39, 0.29) is 11.8 Å². The molecule has 0 bridgehead atoms. The van der Waals surface area contributed by atoms with Crippen LogP contribution < -0.4 is 10.6 Å². The third-order valence-electron chi connectivity index (χ3n) is 4.91. The number of hydrogen-bond acceptors (Lipinski definition) is 5. The van der Waals surface area contributed by atoms with Crippen LogP contribution in [0.1, 0.15) is 40.6 Å². The van der Waals surface area contributed by atoms with E-state index < -0.39 is 0 Å². The Kier molecular flexibility index (Phi) is 6.08. The minimum Gasteiger partial charge on any atom is -0.338 e. The van der Waals surface area contributed by atoms with Crippen LogP contribution in [0.25, 0.3) is 16.9 Å². The van der Waals surface area contributed by atoms with Gasteiger partial charge in [0.15, 0.2) is 5.65 Å². The summed E-state index contributed by atoms with van der Waals surface area (Å²) in [5, 5.41) is 12.1. The third-order valence-corrected chi connectivity index (χ3v) is 5.78. The summed E-state index contributed by atoms with van der Waals surface area (Å²) in [7, 11) is 0. The Morgan fingerprint density at radius 1 is 1.16 bits per heavy atom. The van der Waals surface area contributed by atoms with Crippen LogP contribution >= 0.6 is 11.3 Å². The molecule has 2 amide bonds. The molecule has 0 spiro atoms. The molecular weight excluding hydrogens is 410 g/mol. The molecule has 0 atom stereocenters. The molecule has 0 saturated heterocycles. The third kappa shape index (κ3) is 4.34. The number of carbonyl (C=O) groups is 2. The summed E-state index contributed by atoms with van der Waals surface area (Å²) in [6, 6.07) is 11.0. The van der Waals surface area contributed by atoms with Gasteiger partial charge in [0.1, 0.15) is 0 Å². The molecule has 158 valence electrons. The van der Waals surface area contributed by atoms with Crippen molar-refractivity contribution in [2.24, 2.45) is 0 Å². The Hall–Kier alpha value is -3.52. The summed E-state index contributed by atoms with van der Waals surface area (Å²) in [6.45, 7) is 4.66. The molecule has 3 aromatic heterocycles. The van der Waals surface area contributed by atoms with Crippen molar-refractivity contribution in [3.8, 4) is 11.3 Å². The summed E-state index contributed by atoms with van der Waals surface area (Å²) in [5.41, 5.74) is 4.26. The average molecular weight is 434 g/mol. The lowest BCUT2D eigenvalue weighted by Crippen LogP contribution is -2.29. The van der Waals surface area contributed by atoms with Crippen molar-refractivity contribution in [3.63, 3.8) is 0 Å². The van der Waals surface area contributed by atoms with Gasteiger partial charge in [-0.15, -0.1) is 11.3 Å². The molecule has 0 radical (unpaired) electrons. The predicted molar refractivity (Wildman–Crippen MR) is 123 cm³/mol. The first kappa shape index (κ1) is 20.7. The molecule has 0 saturated carbocycles. The van der Waals surface area contributed by atoms with E-state index in [1.807, 2.05) is 42.6 Å². The quantitative estimate of drug-likeness (QED) is 0.320. The zero-order valence-electron chi connectivity index (χ0n) is 17.4. The molecule has 3 heterocycles. The molecular formula is C23H23N5O2S. The highest BCUT2D eigenvalue weighted by Crippen LogP contribution is 2.28. The molecule has 0 aliphatic heterocycles. The fraction of sp³-hybridized carbons (Fsp3) is 0.217. The van der Waals surface area contributed by atoms with Gasteiger partial charge in [0.2, 0.25) is 5.78 Å². The number of aromatic nitrogens is 3. The van der Waals surface area contributed by atoms with Crippen LogP contribution in [-0.4, -0.2) is 33.0 Å². The van der Waals surface area contributed by atoms with Gasteiger partial charge < -0.3 is 10.6 Å². The number of aryl methyl sites for hydroxylation is 1. The molecule has 4 aromatic rings. The van der Waals surface area contributed by atoms with E-state index in [0.29, 0.717) is 28.3 Å². The highest BCUT2D eigenvalue weighted by atomic mass is 32.1. The number of ketones is 1. The molecule has 4 rings (SSSR count). The number of anilines is 1. The fourth-order valence-electron chi connectivity index (χ4n) is 3.36. The van der Waals surface area contributed by atoms with E-state index in [1.165, 1.54) is 11.3 Å². The molecule has 1 aromatic carbocycles. The summed E-state index contributed by atoms with van der Waals surface area (Å²) < 4.78 is 1.69. The zero-order chi connectivity index (χ0) is 21.8. The fourth-order valence-corrected chi connectivity index (χ4v) is 4.04. The number of thiophene rings is 1. The largest absolute Gasteiger partial charge is 0.338 e. The Morgan fingerprint density at radius 3 is 2.81 bits per heavy atom. The summed E-state index contributed by atoms with van der Waals surface area (Å²) in [6.07, 6.45) is 5.27. The molecule has 0 aliphatic carbocycles. The van der Waals surface area contributed by atoms with E-state index in [9.17, 15) is 9.59 Å². The molecule has 0 fully saturated rings. The summed E-state index contributed by atoms with van der Waals surface area (Å²) in [5.74, 6) is -0.0912. The zero-order valence-corrected chi connectivity index (χ0v) is 18.2. The highest BCUT2D eigenvalue weighted by molar-refractivity contribution is 7.12. The SMILES string of the molecule is CCCCNC(=O)Nc1cccc(-c2c(C)cnc3c(C(=O)c4cccs4)cnn23)c1. The van der Waals surface area contributed by atoms with Gasteiger partial charge in [-0.05, 0) is 42.5 Å². The maximum absolute atomic E-state index is 12.9. The van der Waals surface area contributed by atoms with Crippen molar-refractivity contribution in [2.75, 3.05) is 11.9 Å². The van der Waals surface area contributed by atoms with Gasteiger partial charge in [0, 0.05) is 24.0 Å². The van der Waals surface area contributed by atoms with Crippen molar-refractivity contribution in [1.82, 2.24) is 19.9 Å². The van der Waals surface area contributed by atoms with Crippen LogP contribution in [0.4, 0.5) is 10.5 Å². The standard InChI is InChI=1S/C23H23N5O2S/c1-3-4-10-24-23(30)27-17-8-5-7-16(12-17)20-15(2)13-25-22-18(14-26-28(20)22)21(29)19-9-6-11-31-19/h5-9,11-14H,3-4,10H2,1-2H3,(H2,24,27,30). The van der Waals surface area contributed by atoms with Gasteiger partial charge in [-0.3, -0.25) is 4.79 Å². The summed E-state index contributed by atoms with van der Waals surface area (Å²) >= 11 is 1.40. The monoisotopic (exact) mass is 433 g/mol. The molecule has 2 N–H and O–H groups in total. The van der Waals surface area contributed by atoms with Gasteiger partial charge >= 0.3 is 6.03 Å². The van der Waals surface area contributed by atoms with Crippen LogP contribution in [-0.2, 0) is 0 Å². The molecule has 0 unspecified atom stereocenters. The van der Waals surface area contributed by atoms with Crippen LogP contribution in [0.15, 0.2) is 54.2 Å². The average Bonchev–Trinajstić information content (AvgIpc) is 3.44. The van der Waals surface area contributed by atoms with Gasteiger partial charge in [-0.1, -0.05) is 31.5 Å². The van der Waals surface area contributed by atoms with E-state index in [2.05, 4.69) is 27.6 Å². The number of fused-ring (bicyclic) bond motifs is 1. The second-order valence-corrected chi connectivity index (χ2v) is 8.15. The Labute approximate surface area is 184 Å². The Balaban J connectivity index is 1.68. The number of nitrogens with zero attached hydrogens (tertiary/aromatic N) is 3. The predicted octanol–water partition coefficient (Wildman–Crippen LogP) is 4.92. The number of carbonyl (C=O) groups excluding carboxylic acids is 2. The van der Waals surface area contributed by atoms with Crippen LogP contribution in [0.5, 0.6) is 0 Å². The molecule has 0 aliphatic rings. The van der Waals surface area contributed by atoms with Crippen molar-refractivity contribution < 1.29 is 9.59 Å². The van der Waals surface area contributed by atoms with Gasteiger partial charge in [-0.2, -0.15) is 5.10 Å². The Bertz CT molecular complexity index is 1230. The molecule has 7 nitrogen and oxygen atoms in total. The first-order chi connectivity index (χ1) is 15.1. The minimum atomic E-state index is -0.231. The van der Waals surface area contributed by atoms with Crippen molar-refractivity contribution in [1.29, 1.82) is 0 Å². The molecule has 31 heavy (non-hydrogen) atoms. The number of nitrogens with one attached hydrogen (secondary N) is 2. The minimum absolute atomic E-state index is 0.0912. The Morgan fingerprint density at radius 2 is 2.03 bits per heavy atom. The number of urea groups is 1. The second kappa shape index (κ2) is 9.09. The highest BCUT2D eigenvalue weighted by Gasteiger charge is 2.19. The van der Waals surface area contributed by atoms with Crippen LogP contribution in [0.3, 0.4) is 0 Å². The number of unbranched alkanes of at least 4 members (excludes halogenated alkanes) is 1. The smallest absolute Gasteiger partial charge is 0.319 e. The number of amides is 2. The topological polar surface area (TPSA) is 88.4 Å². The lowest BCUT2D eigenvalue weighted by Gasteiger charge is -2.11. The number of rotatable bonds is 7. The van der Waals surface area contributed by atoms with Gasteiger partial charge in [0.05, 0.1) is 22.3 Å². The lowest BCUT2D eigenvalue weighted by atomic mass is 10.1. The number of hydrogen-bond donors (Lipinski definition) is 2. The normalized spacial score (nSPS) is 10.9. The van der Waals surface area contributed by atoms with Gasteiger partial charge in [-0.25, -0.2) is 14.3 Å².